The van der Waals surface area contributed by atoms with Crippen LogP contribution in [0.15, 0.2) is 84.9 Å². The van der Waals surface area contributed by atoms with E-state index in [0.717, 1.165) is 19.3 Å². The first-order valence-electron chi connectivity index (χ1n) is 9.02. The number of methoxy groups -OCH3 is 1. The van der Waals surface area contributed by atoms with Gasteiger partial charge in [-0.3, -0.25) is 0 Å². The average molecular weight is 344 g/mol. The molecule has 132 valence electrons. The first-order chi connectivity index (χ1) is 12.8. The molecule has 0 heterocycles. The monoisotopic (exact) mass is 344 g/mol. The van der Waals surface area contributed by atoms with Crippen molar-refractivity contribution in [3.05, 3.63) is 107 Å². The number of rotatable bonds is 7. The molecule has 0 saturated heterocycles. The van der Waals surface area contributed by atoms with Crippen molar-refractivity contribution in [3.63, 3.8) is 0 Å². The van der Waals surface area contributed by atoms with Gasteiger partial charge in [-0.05, 0) is 54.0 Å². The maximum Gasteiger partial charge on any atom is 0.337 e. The number of benzene rings is 3. The Bertz CT molecular complexity index is 808. The van der Waals surface area contributed by atoms with E-state index in [-0.39, 0.29) is 5.97 Å². The van der Waals surface area contributed by atoms with Crippen LogP contribution in [0.1, 0.15) is 39.4 Å². The molecule has 3 aromatic rings. The third-order valence-corrected chi connectivity index (χ3v) is 4.75. The van der Waals surface area contributed by atoms with E-state index in [0.29, 0.717) is 11.5 Å². The summed E-state index contributed by atoms with van der Waals surface area (Å²) in [6.07, 6.45) is 3.10. The third kappa shape index (κ3) is 4.82. The van der Waals surface area contributed by atoms with Gasteiger partial charge < -0.3 is 4.74 Å². The largest absolute Gasteiger partial charge is 0.465 e. The topological polar surface area (TPSA) is 26.3 Å². The summed E-state index contributed by atoms with van der Waals surface area (Å²) in [5.74, 6) is 0.116. The first-order valence-corrected chi connectivity index (χ1v) is 9.02. The molecular weight excluding hydrogens is 320 g/mol. The van der Waals surface area contributed by atoms with Crippen LogP contribution in [0.2, 0.25) is 0 Å². The summed E-state index contributed by atoms with van der Waals surface area (Å²) in [6.45, 7) is 0. The van der Waals surface area contributed by atoms with Crippen molar-refractivity contribution in [1.82, 2.24) is 0 Å². The minimum Gasteiger partial charge on any atom is -0.465 e. The summed E-state index contributed by atoms with van der Waals surface area (Å²) >= 11 is 0. The maximum absolute atomic E-state index is 11.7. The highest BCUT2D eigenvalue weighted by molar-refractivity contribution is 5.89. The number of carbonyl (C=O) groups excluding carboxylic acids is 1. The lowest BCUT2D eigenvalue weighted by atomic mass is 9.86. The molecule has 0 spiro atoms. The van der Waals surface area contributed by atoms with Gasteiger partial charge in [0.05, 0.1) is 12.7 Å². The predicted molar refractivity (Wildman–Crippen MR) is 105 cm³/mol. The third-order valence-electron chi connectivity index (χ3n) is 4.75. The van der Waals surface area contributed by atoms with Gasteiger partial charge in [-0.1, -0.05) is 72.8 Å². The Balaban J connectivity index is 1.78. The summed E-state index contributed by atoms with van der Waals surface area (Å²) < 4.78 is 4.80. The molecule has 0 N–H and O–H groups in total. The van der Waals surface area contributed by atoms with Gasteiger partial charge in [-0.25, -0.2) is 4.79 Å². The lowest BCUT2D eigenvalue weighted by Crippen LogP contribution is -2.06. The van der Waals surface area contributed by atoms with E-state index in [2.05, 4.69) is 66.7 Å². The van der Waals surface area contributed by atoms with Crippen molar-refractivity contribution in [2.45, 2.75) is 25.2 Å². The molecule has 1 unspecified atom stereocenters. The zero-order valence-corrected chi connectivity index (χ0v) is 15.1. The van der Waals surface area contributed by atoms with Crippen molar-refractivity contribution in [2.75, 3.05) is 7.11 Å². The Morgan fingerprint density at radius 1 is 0.808 bits per heavy atom. The fraction of sp³-hybridized carbons (Fsp3) is 0.208. The molecule has 0 fully saturated rings. The summed E-state index contributed by atoms with van der Waals surface area (Å²) in [4.78, 5) is 11.7. The van der Waals surface area contributed by atoms with Crippen LogP contribution in [-0.4, -0.2) is 13.1 Å². The number of hydrogen-bond acceptors (Lipinski definition) is 2. The molecule has 3 rings (SSSR count). The fourth-order valence-corrected chi connectivity index (χ4v) is 3.28. The Labute approximate surface area is 155 Å². The van der Waals surface area contributed by atoms with Gasteiger partial charge in [0, 0.05) is 0 Å². The van der Waals surface area contributed by atoms with E-state index in [4.69, 9.17) is 4.74 Å². The Morgan fingerprint density at radius 2 is 1.38 bits per heavy atom. The molecule has 2 nitrogen and oxygen atoms in total. The van der Waals surface area contributed by atoms with Crippen molar-refractivity contribution in [2.24, 2.45) is 0 Å². The van der Waals surface area contributed by atoms with Crippen LogP contribution in [-0.2, 0) is 17.6 Å². The van der Waals surface area contributed by atoms with E-state index in [1.807, 2.05) is 18.2 Å². The second kappa shape index (κ2) is 9.00. The highest BCUT2D eigenvalue weighted by Gasteiger charge is 2.14. The molecule has 0 bridgehead atoms. The van der Waals surface area contributed by atoms with Crippen molar-refractivity contribution >= 4 is 5.97 Å². The number of esters is 1. The van der Waals surface area contributed by atoms with E-state index in [1.165, 1.54) is 23.8 Å². The van der Waals surface area contributed by atoms with Crippen molar-refractivity contribution in [3.8, 4) is 0 Å². The molecule has 0 aliphatic carbocycles. The summed E-state index contributed by atoms with van der Waals surface area (Å²) in [5, 5.41) is 0. The normalized spacial score (nSPS) is 11.7. The van der Waals surface area contributed by atoms with E-state index in [9.17, 15) is 4.79 Å². The van der Waals surface area contributed by atoms with Crippen LogP contribution in [0.4, 0.5) is 0 Å². The number of aryl methyl sites for hydroxylation is 1. The zero-order chi connectivity index (χ0) is 18.2. The molecule has 0 saturated carbocycles. The van der Waals surface area contributed by atoms with Gasteiger partial charge in [-0.15, -0.1) is 0 Å². The van der Waals surface area contributed by atoms with Crippen LogP contribution in [0.25, 0.3) is 0 Å². The van der Waals surface area contributed by atoms with Crippen LogP contribution in [0.5, 0.6) is 0 Å². The van der Waals surface area contributed by atoms with Crippen LogP contribution < -0.4 is 0 Å². The van der Waals surface area contributed by atoms with Crippen LogP contribution in [0, 0.1) is 0 Å². The molecule has 3 aromatic carbocycles. The standard InChI is InChI=1S/C24H24O2/c1-26-24(25)22-16-14-21(15-17-22)23(18-20-10-6-3-7-11-20)13-12-19-8-4-2-5-9-19/h2-11,14-17,23H,12-13,18H2,1H3. The molecule has 0 radical (unpaired) electrons. The number of carbonyl (C=O) groups is 1. The molecule has 0 aliphatic rings. The average Bonchev–Trinajstić information content (AvgIpc) is 2.72. The van der Waals surface area contributed by atoms with E-state index in [1.54, 1.807) is 0 Å². The molecule has 1 atom stereocenters. The molecular formula is C24H24O2. The fourth-order valence-electron chi connectivity index (χ4n) is 3.28. The lowest BCUT2D eigenvalue weighted by molar-refractivity contribution is 0.0600. The predicted octanol–water partition coefficient (Wildman–Crippen LogP) is 5.43. The highest BCUT2D eigenvalue weighted by Crippen LogP contribution is 2.26. The minimum absolute atomic E-state index is 0.291. The second-order valence-corrected chi connectivity index (χ2v) is 6.52. The van der Waals surface area contributed by atoms with Gasteiger partial charge in [0.2, 0.25) is 0 Å². The Hall–Kier alpha value is -2.87. The smallest absolute Gasteiger partial charge is 0.337 e. The van der Waals surface area contributed by atoms with E-state index < -0.39 is 0 Å². The zero-order valence-electron chi connectivity index (χ0n) is 15.1. The lowest BCUT2D eigenvalue weighted by Gasteiger charge is -2.18. The summed E-state index contributed by atoms with van der Waals surface area (Å²) in [6, 6.07) is 29.0. The van der Waals surface area contributed by atoms with Gasteiger partial charge in [0.25, 0.3) is 0 Å². The number of hydrogen-bond donors (Lipinski definition) is 0. The molecule has 2 heteroatoms. The van der Waals surface area contributed by atoms with Gasteiger partial charge >= 0.3 is 5.97 Å². The Kier molecular flexibility index (Phi) is 6.21. The Morgan fingerprint density at radius 3 is 1.96 bits per heavy atom. The molecule has 0 aromatic heterocycles. The van der Waals surface area contributed by atoms with Crippen LogP contribution in [0.3, 0.4) is 0 Å². The summed E-state index contributed by atoms with van der Waals surface area (Å²) in [7, 11) is 1.41. The van der Waals surface area contributed by atoms with Gasteiger partial charge in [0.15, 0.2) is 0 Å². The second-order valence-electron chi connectivity index (χ2n) is 6.52. The van der Waals surface area contributed by atoms with E-state index >= 15 is 0 Å². The maximum atomic E-state index is 11.7. The van der Waals surface area contributed by atoms with Crippen molar-refractivity contribution in [1.29, 1.82) is 0 Å². The highest BCUT2D eigenvalue weighted by atomic mass is 16.5. The van der Waals surface area contributed by atoms with Gasteiger partial charge in [-0.2, -0.15) is 0 Å². The minimum atomic E-state index is -0.291. The van der Waals surface area contributed by atoms with Gasteiger partial charge in [0.1, 0.15) is 0 Å². The SMILES string of the molecule is COC(=O)c1ccc(C(CCc2ccccc2)Cc2ccccc2)cc1. The van der Waals surface area contributed by atoms with Crippen molar-refractivity contribution < 1.29 is 9.53 Å². The summed E-state index contributed by atoms with van der Waals surface area (Å²) in [5.41, 5.74) is 4.55. The van der Waals surface area contributed by atoms with Crippen LogP contribution >= 0.6 is 0 Å². The molecule has 0 aliphatic heterocycles. The first kappa shape index (κ1) is 17.9. The molecule has 0 amide bonds. The quantitative estimate of drug-likeness (QED) is 0.534. The molecule has 26 heavy (non-hydrogen) atoms. The number of ether oxygens (including phenoxy) is 1.